The van der Waals surface area contributed by atoms with Gasteiger partial charge in [-0.3, -0.25) is 9.78 Å². The Labute approximate surface area is 113 Å². The van der Waals surface area contributed by atoms with Crippen LogP contribution >= 0.6 is 0 Å². The summed E-state index contributed by atoms with van der Waals surface area (Å²) in [6.45, 7) is 0. The number of ether oxygens (including phenoxy) is 1. The molecule has 0 aliphatic rings. The first-order valence-corrected chi connectivity index (χ1v) is 5.61. The molecule has 1 heterocycles. The lowest BCUT2D eigenvalue weighted by Crippen LogP contribution is -2.18. The van der Waals surface area contributed by atoms with E-state index in [0.717, 1.165) is 12.1 Å². The van der Waals surface area contributed by atoms with Crippen LogP contribution in [0.2, 0.25) is 0 Å². The minimum absolute atomic E-state index is 0.0984. The molecule has 0 spiro atoms. The Morgan fingerprint density at radius 2 is 2.05 bits per heavy atom. The monoisotopic (exact) mass is 279 g/mol. The Morgan fingerprint density at radius 1 is 1.30 bits per heavy atom. The highest BCUT2D eigenvalue weighted by atomic mass is 19.1. The number of pyridine rings is 1. The van der Waals surface area contributed by atoms with E-state index >= 15 is 0 Å². The van der Waals surface area contributed by atoms with Crippen molar-refractivity contribution in [1.29, 1.82) is 0 Å². The number of nitrogens with two attached hydrogens (primary N) is 1. The molecule has 7 heteroatoms. The first kappa shape index (κ1) is 13.7. The second kappa shape index (κ2) is 5.52. The molecular formula is C13H11F2N3O2. The summed E-state index contributed by atoms with van der Waals surface area (Å²) in [5, 5.41) is 2.39. The van der Waals surface area contributed by atoms with Crippen molar-refractivity contribution in [2.45, 2.75) is 0 Å². The number of halogens is 2. The van der Waals surface area contributed by atoms with Gasteiger partial charge in [-0.15, -0.1) is 0 Å². The molecule has 0 atom stereocenters. The zero-order valence-corrected chi connectivity index (χ0v) is 10.5. The molecule has 1 aromatic carbocycles. The molecule has 0 saturated heterocycles. The lowest BCUT2D eigenvalue weighted by molar-refractivity contribution is 0.0958. The Morgan fingerprint density at radius 3 is 2.75 bits per heavy atom. The third kappa shape index (κ3) is 2.82. The summed E-state index contributed by atoms with van der Waals surface area (Å²) < 4.78 is 32.0. The Balaban J connectivity index is 2.31. The van der Waals surface area contributed by atoms with Gasteiger partial charge in [0, 0.05) is 31.4 Å². The van der Waals surface area contributed by atoms with Crippen LogP contribution < -0.4 is 15.8 Å². The van der Waals surface area contributed by atoms with Crippen molar-refractivity contribution in [3.8, 4) is 11.5 Å². The van der Waals surface area contributed by atoms with Gasteiger partial charge in [-0.2, -0.15) is 0 Å². The molecule has 1 amide bonds. The summed E-state index contributed by atoms with van der Waals surface area (Å²) in [6.07, 6.45) is 1.32. The molecule has 0 radical (unpaired) electrons. The quantitative estimate of drug-likeness (QED) is 0.843. The largest absolute Gasteiger partial charge is 0.454 e. The van der Waals surface area contributed by atoms with Gasteiger partial charge in [0.1, 0.15) is 17.3 Å². The summed E-state index contributed by atoms with van der Waals surface area (Å²) in [5.41, 5.74) is 5.02. The van der Waals surface area contributed by atoms with Gasteiger partial charge in [-0.05, 0) is 6.07 Å². The van der Waals surface area contributed by atoms with Crippen LogP contribution in [0.15, 0.2) is 30.5 Å². The predicted molar refractivity (Wildman–Crippen MR) is 68.5 cm³/mol. The molecule has 20 heavy (non-hydrogen) atoms. The summed E-state index contributed by atoms with van der Waals surface area (Å²) in [7, 11) is 1.45. The van der Waals surface area contributed by atoms with Gasteiger partial charge >= 0.3 is 0 Å². The van der Waals surface area contributed by atoms with Crippen molar-refractivity contribution < 1.29 is 18.3 Å². The minimum Gasteiger partial charge on any atom is -0.454 e. The lowest BCUT2D eigenvalue weighted by Gasteiger charge is -2.08. The SMILES string of the molecule is CNC(=O)c1cc(Oc2cc(F)c(N)cc2F)ccn1. The molecule has 0 bridgehead atoms. The van der Waals surface area contributed by atoms with Gasteiger partial charge in [-0.1, -0.05) is 0 Å². The van der Waals surface area contributed by atoms with Crippen LogP contribution in [0.4, 0.5) is 14.5 Å². The summed E-state index contributed by atoms with van der Waals surface area (Å²) in [4.78, 5) is 15.2. The number of rotatable bonds is 3. The third-order valence-electron chi connectivity index (χ3n) is 2.47. The van der Waals surface area contributed by atoms with E-state index in [1.165, 1.54) is 25.4 Å². The van der Waals surface area contributed by atoms with E-state index in [1.54, 1.807) is 0 Å². The van der Waals surface area contributed by atoms with Gasteiger partial charge in [0.2, 0.25) is 0 Å². The number of aromatic nitrogens is 1. The molecule has 0 fully saturated rings. The van der Waals surface area contributed by atoms with Gasteiger partial charge < -0.3 is 15.8 Å². The topological polar surface area (TPSA) is 77.2 Å². The van der Waals surface area contributed by atoms with E-state index in [-0.39, 0.29) is 22.9 Å². The first-order chi connectivity index (χ1) is 9.51. The molecular weight excluding hydrogens is 268 g/mol. The molecule has 1 aromatic heterocycles. The molecule has 2 rings (SSSR count). The molecule has 104 valence electrons. The highest BCUT2D eigenvalue weighted by Crippen LogP contribution is 2.27. The van der Waals surface area contributed by atoms with E-state index < -0.39 is 17.5 Å². The fraction of sp³-hybridized carbons (Fsp3) is 0.0769. The van der Waals surface area contributed by atoms with E-state index in [4.69, 9.17) is 10.5 Å². The van der Waals surface area contributed by atoms with Crippen LogP contribution in [-0.4, -0.2) is 17.9 Å². The molecule has 0 unspecified atom stereocenters. The first-order valence-electron chi connectivity index (χ1n) is 5.61. The number of hydrogen-bond acceptors (Lipinski definition) is 4. The average molecular weight is 279 g/mol. The Bertz CT molecular complexity index is 662. The highest BCUT2D eigenvalue weighted by molar-refractivity contribution is 5.92. The van der Waals surface area contributed by atoms with Crippen molar-refractivity contribution in [2.24, 2.45) is 0 Å². The smallest absolute Gasteiger partial charge is 0.269 e. The molecule has 0 aliphatic heterocycles. The number of nitrogens with one attached hydrogen (secondary N) is 1. The number of nitrogen functional groups attached to an aromatic ring is 1. The highest BCUT2D eigenvalue weighted by Gasteiger charge is 2.12. The second-order valence-corrected chi connectivity index (χ2v) is 3.86. The molecule has 0 saturated carbocycles. The van der Waals surface area contributed by atoms with Gasteiger partial charge in [0.25, 0.3) is 5.91 Å². The molecule has 0 aliphatic carbocycles. The van der Waals surface area contributed by atoms with Crippen LogP contribution in [0.1, 0.15) is 10.5 Å². The van der Waals surface area contributed by atoms with E-state index in [1.807, 2.05) is 0 Å². The fourth-order valence-electron chi connectivity index (χ4n) is 1.48. The van der Waals surface area contributed by atoms with Crippen LogP contribution in [0.25, 0.3) is 0 Å². The number of carbonyl (C=O) groups is 1. The number of nitrogens with zero attached hydrogens (tertiary/aromatic N) is 1. The van der Waals surface area contributed by atoms with E-state index in [2.05, 4.69) is 10.3 Å². The molecule has 2 aromatic rings. The summed E-state index contributed by atoms with van der Waals surface area (Å²) in [6, 6.07) is 4.39. The van der Waals surface area contributed by atoms with E-state index in [0.29, 0.717) is 0 Å². The lowest BCUT2D eigenvalue weighted by atomic mass is 10.2. The normalized spacial score (nSPS) is 10.2. The van der Waals surface area contributed by atoms with Crippen LogP contribution in [0, 0.1) is 11.6 Å². The van der Waals surface area contributed by atoms with Crippen molar-refractivity contribution >= 4 is 11.6 Å². The fourth-order valence-corrected chi connectivity index (χ4v) is 1.48. The van der Waals surface area contributed by atoms with Crippen molar-refractivity contribution in [2.75, 3.05) is 12.8 Å². The number of amides is 1. The third-order valence-corrected chi connectivity index (χ3v) is 2.47. The summed E-state index contributed by atoms with van der Waals surface area (Å²) in [5.74, 6) is -2.18. The number of anilines is 1. The molecule has 3 N–H and O–H groups in total. The number of hydrogen-bond donors (Lipinski definition) is 2. The maximum Gasteiger partial charge on any atom is 0.269 e. The minimum atomic E-state index is -0.804. The predicted octanol–water partition coefficient (Wildman–Crippen LogP) is 2.09. The number of carbonyl (C=O) groups excluding carboxylic acids is 1. The summed E-state index contributed by atoms with van der Waals surface area (Å²) >= 11 is 0. The van der Waals surface area contributed by atoms with Crippen LogP contribution in [0.3, 0.4) is 0 Å². The maximum atomic E-state index is 13.6. The van der Waals surface area contributed by atoms with Crippen molar-refractivity contribution in [3.05, 3.63) is 47.8 Å². The van der Waals surface area contributed by atoms with Crippen LogP contribution in [-0.2, 0) is 0 Å². The second-order valence-electron chi connectivity index (χ2n) is 3.86. The van der Waals surface area contributed by atoms with Gasteiger partial charge in [-0.25, -0.2) is 8.78 Å². The zero-order valence-electron chi connectivity index (χ0n) is 10.5. The Kier molecular flexibility index (Phi) is 3.79. The number of benzene rings is 1. The van der Waals surface area contributed by atoms with E-state index in [9.17, 15) is 13.6 Å². The standard InChI is InChI=1S/C13H11F2N3O2/c1-17-13(19)11-4-7(2-3-18-11)20-12-6-8(14)10(16)5-9(12)15/h2-6H,16H2,1H3,(H,17,19). The average Bonchev–Trinajstić information content (AvgIpc) is 2.44. The van der Waals surface area contributed by atoms with Gasteiger partial charge in [0.15, 0.2) is 11.6 Å². The van der Waals surface area contributed by atoms with Crippen molar-refractivity contribution in [3.63, 3.8) is 0 Å². The zero-order chi connectivity index (χ0) is 14.7. The maximum absolute atomic E-state index is 13.6. The Hall–Kier alpha value is -2.70. The van der Waals surface area contributed by atoms with Crippen molar-refractivity contribution in [1.82, 2.24) is 10.3 Å². The van der Waals surface area contributed by atoms with Crippen LogP contribution in [0.5, 0.6) is 11.5 Å². The molecule has 5 nitrogen and oxygen atoms in total. The van der Waals surface area contributed by atoms with Gasteiger partial charge in [0.05, 0.1) is 5.69 Å².